The molecule has 1 unspecified atom stereocenters. The molecular formula is C10H13NOS. The number of fused-ring (bicyclic) bond motifs is 1. The lowest BCUT2D eigenvalue weighted by Crippen LogP contribution is -2.24. The normalized spacial score (nSPS) is 27.1. The second-order valence-corrected chi connectivity index (χ2v) is 4.02. The molecule has 1 fully saturated rings. The minimum atomic E-state index is 0.434. The third-order valence-electron chi connectivity index (χ3n) is 2.53. The fraction of sp³-hybridized carbons (Fsp3) is 0.500. The van der Waals surface area contributed by atoms with Crippen molar-refractivity contribution in [2.24, 2.45) is 0 Å². The molecule has 0 N–H and O–H groups in total. The van der Waals surface area contributed by atoms with Gasteiger partial charge in [-0.25, -0.2) is 0 Å². The maximum Gasteiger partial charge on any atom is 0.0680 e. The Balaban J connectivity index is 2.34. The largest absolute Gasteiger partial charge is 0.277 e. The standard InChI is InChI=1S/C10H13NOS/c1-7-5-8-3-4-9(13)6-10(8)11(7)12-2/h3,6-7H,4-5H2,1-2H3. The molecule has 2 aliphatic rings. The van der Waals surface area contributed by atoms with Crippen LogP contribution in [0.15, 0.2) is 23.4 Å². The van der Waals surface area contributed by atoms with Crippen LogP contribution in [-0.2, 0) is 4.84 Å². The summed E-state index contributed by atoms with van der Waals surface area (Å²) in [7, 11) is 1.71. The Bertz CT molecular complexity index is 306. The molecule has 13 heavy (non-hydrogen) atoms. The molecule has 1 heterocycles. The summed E-state index contributed by atoms with van der Waals surface area (Å²) in [4.78, 5) is 6.30. The summed E-state index contributed by atoms with van der Waals surface area (Å²) in [6, 6.07) is 0.434. The second kappa shape index (κ2) is 3.24. The molecule has 3 heteroatoms. The molecule has 2 rings (SSSR count). The number of hydrogen-bond donors (Lipinski definition) is 0. The Labute approximate surface area is 83.8 Å². The Hall–Kier alpha value is -0.670. The number of nitrogens with zero attached hydrogens (tertiary/aromatic N) is 1. The van der Waals surface area contributed by atoms with Crippen molar-refractivity contribution >= 4 is 17.1 Å². The molecule has 0 aromatic carbocycles. The van der Waals surface area contributed by atoms with E-state index in [4.69, 9.17) is 17.1 Å². The number of allylic oxidation sites excluding steroid dienone is 3. The third-order valence-corrected chi connectivity index (χ3v) is 2.81. The zero-order valence-corrected chi connectivity index (χ0v) is 8.73. The van der Waals surface area contributed by atoms with Gasteiger partial charge in [-0.05, 0) is 25.0 Å². The van der Waals surface area contributed by atoms with Gasteiger partial charge in [0.2, 0.25) is 0 Å². The van der Waals surface area contributed by atoms with Crippen LogP contribution in [-0.4, -0.2) is 23.1 Å². The minimum Gasteiger partial charge on any atom is -0.277 e. The average Bonchev–Trinajstić information content (AvgIpc) is 2.40. The van der Waals surface area contributed by atoms with Gasteiger partial charge in [0.15, 0.2) is 0 Å². The van der Waals surface area contributed by atoms with Crippen LogP contribution >= 0.6 is 12.2 Å². The van der Waals surface area contributed by atoms with Gasteiger partial charge in [0, 0.05) is 11.3 Å². The highest BCUT2D eigenvalue weighted by Crippen LogP contribution is 2.34. The third kappa shape index (κ3) is 1.42. The first-order valence-corrected chi connectivity index (χ1v) is 4.90. The van der Waals surface area contributed by atoms with Gasteiger partial charge in [-0.15, -0.1) is 0 Å². The lowest BCUT2D eigenvalue weighted by atomic mass is 10.0. The van der Waals surface area contributed by atoms with Crippen molar-refractivity contribution in [3.8, 4) is 0 Å². The molecular weight excluding hydrogens is 182 g/mol. The second-order valence-electron chi connectivity index (χ2n) is 3.49. The van der Waals surface area contributed by atoms with Gasteiger partial charge in [0.05, 0.1) is 18.8 Å². The Morgan fingerprint density at radius 1 is 1.62 bits per heavy atom. The van der Waals surface area contributed by atoms with Crippen molar-refractivity contribution in [3.63, 3.8) is 0 Å². The van der Waals surface area contributed by atoms with E-state index < -0.39 is 0 Å². The molecule has 1 atom stereocenters. The number of rotatable bonds is 1. The van der Waals surface area contributed by atoms with Gasteiger partial charge in [-0.3, -0.25) is 9.90 Å². The summed E-state index contributed by atoms with van der Waals surface area (Å²) in [5, 5.41) is 1.94. The topological polar surface area (TPSA) is 12.5 Å². The van der Waals surface area contributed by atoms with E-state index in [1.54, 1.807) is 7.11 Å². The highest BCUT2D eigenvalue weighted by Gasteiger charge is 2.30. The maximum absolute atomic E-state index is 5.31. The molecule has 2 nitrogen and oxygen atoms in total. The van der Waals surface area contributed by atoms with Gasteiger partial charge in [0.1, 0.15) is 0 Å². The first-order valence-electron chi connectivity index (χ1n) is 4.49. The molecule has 1 aliphatic heterocycles. The van der Waals surface area contributed by atoms with Crippen LogP contribution in [0.2, 0.25) is 0 Å². The lowest BCUT2D eigenvalue weighted by Gasteiger charge is -2.22. The van der Waals surface area contributed by atoms with Crippen molar-refractivity contribution in [3.05, 3.63) is 23.4 Å². The van der Waals surface area contributed by atoms with Crippen molar-refractivity contribution in [1.29, 1.82) is 0 Å². The van der Waals surface area contributed by atoms with E-state index in [0.717, 1.165) is 23.4 Å². The van der Waals surface area contributed by atoms with E-state index in [1.165, 1.54) is 5.57 Å². The summed E-state index contributed by atoms with van der Waals surface area (Å²) in [6.45, 7) is 2.16. The zero-order chi connectivity index (χ0) is 9.42. The molecule has 0 bridgehead atoms. The molecule has 0 aromatic heterocycles. The quantitative estimate of drug-likeness (QED) is 0.595. The molecule has 0 aromatic rings. The first-order chi connectivity index (χ1) is 6.22. The van der Waals surface area contributed by atoms with Crippen LogP contribution in [0.3, 0.4) is 0 Å². The summed E-state index contributed by atoms with van der Waals surface area (Å²) in [6.07, 6.45) is 6.26. The molecule has 70 valence electrons. The molecule has 1 aliphatic carbocycles. The van der Waals surface area contributed by atoms with E-state index in [9.17, 15) is 0 Å². The molecule has 0 saturated carbocycles. The fourth-order valence-corrected chi connectivity index (χ4v) is 2.14. The number of thiocarbonyl (C=S) groups is 1. The molecule has 0 spiro atoms. The van der Waals surface area contributed by atoms with E-state index in [-0.39, 0.29) is 0 Å². The van der Waals surface area contributed by atoms with Gasteiger partial charge in [-0.1, -0.05) is 18.3 Å². The molecule has 0 radical (unpaired) electrons. The van der Waals surface area contributed by atoms with Crippen LogP contribution < -0.4 is 0 Å². The highest BCUT2D eigenvalue weighted by molar-refractivity contribution is 7.80. The van der Waals surface area contributed by atoms with E-state index in [1.807, 2.05) is 5.06 Å². The number of hydrogen-bond acceptors (Lipinski definition) is 3. The van der Waals surface area contributed by atoms with Crippen LogP contribution in [0, 0.1) is 0 Å². The van der Waals surface area contributed by atoms with Crippen molar-refractivity contribution in [1.82, 2.24) is 5.06 Å². The maximum atomic E-state index is 5.31. The van der Waals surface area contributed by atoms with Crippen molar-refractivity contribution < 1.29 is 4.84 Å². The first kappa shape index (κ1) is 8.91. The van der Waals surface area contributed by atoms with Crippen LogP contribution in [0.4, 0.5) is 0 Å². The van der Waals surface area contributed by atoms with E-state index >= 15 is 0 Å². The summed E-state index contributed by atoms with van der Waals surface area (Å²) >= 11 is 5.17. The van der Waals surface area contributed by atoms with Crippen LogP contribution in [0.25, 0.3) is 0 Å². The summed E-state index contributed by atoms with van der Waals surface area (Å²) in [5.74, 6) is 0. The van der Waals surface area contributed by atoms with E-state index in [2.05, 4.69) is 19.1 Å². The summed E-state index contributed by atoms with van der Waals surface area (Å²) < 4.78 is 0. The fourth-order valence-electron chi connectivity index (χ4n) is 1.94. The Morgan fingerprint density at radius 2 is 2.38 bits per heavy atom. The summed E-state index contributed by atoms with van der Waals surface area (Å²) in [5.41, 5.74) is 2.54. The Morgan fingerprint density at radius 3 is 3.08 bits per heavy atom. The van der Waals surface area contributed by atoms with Gasteiger partial charge < -0.3 is 0 Å². The predicted molar refractivity (Wildman–Crippen MR) is 56.3 cm³/mol. The predicted octanol–water partition coefficient (Wildman–Crippen LogP) is 2.23. The van der Waals surface area contributed by atoms with Crippen LogP contribution in [0.5, 0.6) is 0 Å². The smallest absolute Gasteiger partial charge is 0.0680 e. The van der Waals surface area contributed by atoms with Gasteiger partial charge in [0.25, 0.3) is 0 Å². The monoisotopic (exact) mass is 195 g/mol. The van der Waals surface area contributed by atoms with Gasteiger partial charge in [-0.2, -0.15) is 0 Å². The minimum absolute atomic E-state index is 0.434. The SMILES string of the molecule is CON1C2=CC(=S)CC=C2CC1C. The van der Waals surface area contributed by atoms with Gasteiger partial charge >= 0.3 is 0 Å². The van der Waals surface area contributed by atoms with E-state index in [0.29, 0.717) is 6.04 Å². The highest BCUT2D eigenvalue weighted by atomic mass is 32.1. The average molecular weight is 195 g/mol. The molecule has 1 saturated heterocycles. The van der Waals surface area contributed by atoms with Crippen molar-refractivity contribution in [2.75, 3.05) is 7.11 Å². The number of hydroxylamine groups is 2. The van der Waals surface area contributed by atoms with Crippen LogP contribution in [0.1, 0.15) is 19.8 Å². The molecule has 0 amide bonds. The van der Waals surface area contributed by atoms with Crippen molar-refractivity contribution in [2.45, 2.75) is 25.8 Å². The lowest BCUT2D eigenvalue weighted by molar-refractivity contribution is -0.112. The Kier molecular flexibility index (Phi) is 2.22. The zero-order valence-electron chi connectivity index (χ0n) is 7.91.